The molecule has 118 valence electrons. The van der Waals surface area contributed by atoms with Gasteiger partial charge in [-0.2, -0.15) is 0 Å². The summed E-state index contributed by atoms with van der Waals surface area (Å²) < 4.78 is 0. The van der Waals surface area contributed by atoms with Gasteiger partial charge in [0.1, 0.15) is 6.04 Å². The van der Waals surface area contributed by atoms with E-state index < -0.39 is 35.8 Å². The molecule has 0 aromatic heterocycles. The van der Waals surface area contributed by atoms with Crippen LogP contribution in [0.1, 0.15) is 25.7 Å². The molecule has 21 heavy (non-hydrogen) atoms. The predicted molar refractivity (Wildman–Crippen MR) is 71.9 cm³/mol. The molecular formula is C12H20N4O5. The lowest BCUT2D eigenvalue weighted by Gasteiger charge is -2.31. The molecular weight excluding hydrogens is 280 g/mol. The van der Waals surface area contributed by atoms with Crippen molar-refractivity contribution in [1.82, 2.24) is 10.2 Å². The maximum Gasteiger partial charge on any atom is 0.326 e. The van der Waals surface area contributed by atoms with Crippen LogP contribution < -0.4 is 16.8 Å². The molecule has 0 spiro atoms. The molecule has 1 saturated heterocycles. The first-order valence-electron chi connectivity index (χ1n) is 6.67. The molecule has 9 nitrogen and oxygen atoms in total. The topological polar surface area (TPSA) is 156 Å². The summed E-state index contributed by atoms with van der Waals surface area (Å²) >= 11 is 0. The van der Waals surface area contributed by atoms with Gasteiger partial charge < -0.3 is 26.8 Å². The molecule has 0 saturated carbocycles. The van der Waals surface area contributed by atoms with Crippen LogP contribution in [0.5, 0.6) is 0 Å². The Kier molecular flexibility index (Phi) is 5.94. The van der Waals surface area contributed by atoms with Gasteiger partial charge in [-0.05, 0) is 19.3 Å². The second-order valence-electron chi connectivity index (χ2n) is 5.03. The fraction of sp³-hybridized carbons (Fsp3) is 0.667. The van der Waals surface area contributed by atoms with Crippen LogP contribution in [-0.4, -0.2) is 53.0 Å². The fourth-order valence-electron chi connectivity index (χ4n) is 2.22. The number of carbonyl (C=O) groups is 4. The number of likely N-dealkylation sites (tertiary alicyclic amines) is 1. The van der Waals surface area contributed by atoms with E-state index in [4.69, 9.17) is 16.6 Å². The van der Waals surface area contributed by atoms with E-state index in [0.29, 0.717) is 19.4 Å². The zero-order valence-corrected chi connectivity index (χ0v) is 11.6. The number of nitrogens with one attached hydrogen (secondary N) is 1. The molecule has 1 aliphatic rings. The molecule has 2 atom stereocenters. The number of piperidine rings is 1. The van der Waals surface area contributed by atoms with Gasteiger partial charge in [0, 0.05) is 19.5 Å². The summed E-state index contributed by atoms with van der Waals surface area (Å²) in [5, 5.41) is 11.4. The number of nitrogens with zero attached hydrogens (tertiary/aromatic N) is 1. The van der Waals surface area contributed by atoms with Gasteiger partial charge in [-0.15, -0.1) is 0 Å². The van der Waals surface area contributed by atoms with Crippen molar-refractivity contribution in [2.24, 2.45) is 17.4 Å². The number of carboxylic acids is 1. The lowest BCUT2D eigenvalue weighted by molar-refractivity contribution is -0.143. The summed E-state index contributed by atoms with van der Waals surface area (Å²) in [6, 6.07) is -1.77. The zero-order valence-electron chi connectivity index (χ0n) is 11.6. The lowest BCUT2D eigenvalue weighted by Crippen LogP contribution is -2.50. The van der Waals surface area contributed by atoms with Crippen molar-refractivity contribution < 1.29 is 24.3 Å². The van der Waals surface area contributed by atoms with E-state index in [9.17, 15) is 19.2 Å². The molecule has 1 aliphatic heterocycles. The molecule has 9 heteroatoms. The van der Waals surface area contributed by atoms with Crippen LogP contribution in [0.2, 0.25) is 0 Å². The number of amides is 4. The molecule has 0 aliphatic carbocycles. The number of primary amides is 2. The Morgan fingerprint density at radius 1 is 1.29 bits per heavy atom. The summed E-state index contributed by atoms with van der Waals surface area (Å²) in [7, 11) is 0. The van der Waals surface area contributed by atoms with Crippen molar-refractivity contribution in [3.05, 3.63) is 0 Å². The van der Waals surface area contributed by atoms with E-state index in [2.05, 4.69) is 5.32 Å². The maximum absolute atomic E-state index is 12.1. The van der Waals surface area contributed by atoms with Gasteiger partial charge in [0.25, 0.3) is 0 Å². The van der Waals surface area contributed by atoms with Crippen LogP contribution in [0, 0.1) is 5.92 Å². The van der Waals surface area contributed by atoms with E-state index in [1.165, 1.54) is 4.90 Å². The summed E-state index contributed by atoms with van der Waals surface area (Å²) in [6.45, 7) is 0.659. The molecule has 0 aromatic rings. The van der Waals surface area contributed by atoms with E-state index in [-0.39, 0.29) is 19.4 Å². The van der Waals surface area contributed by atoms with Crippen molar-refractivity contribution in [3.8, 4) is 0 Å². The third kappa shape index (κ3) is 5.28. The predicted octanol–water partition coefficient (Wildman–Crippen LogP) is -1.39. The van der Waals surface area contributed by atoms with E-state index in [0.717, 1.165) is 0 Å². The third-order valence-electron chi connectivity index (χ3n) is 3.40. The van der Waals surface area contributed by atoms with Gasteiger partial charge in [0.15, 0.2) is 0 Å². The van der Waals surface area contributed by atoms with Crippen LogP contribution in [0.15, 0.2) is 0 Å². The number of urea groups is 1. The second-order valence-corrected chi connectivity index (χ2v) is 5.03. The van der Waals surface area contributed by atoms with Crippen molar-refractivity contribution >= 4 is 23.8 Å². The van der Waals surface area contributed by atoms with Gasteiger partial charge in [0.2, 0.25) is 11.8 Å². The number of nitrogens with two attached hydrogens (primary N) is 2. The van der Waals surface area contributed by atoms with Gasteiger partial charge >= 0.3 is 12.0 Å². The van der Waals surface area contributed by atoms with E-state index >= 15 is 0 Å². The smallest absolute Gasteiger partial charge is 0.326 e. The molecule has 0 bridgehead atoms. The highest BCUT2D eigenvalue weighted by Gasteiger charge is 2.30. The van der Waals surface area contributed by atoms with Gasteiger partial charge in [-0.3, -0.25) is 9.59 Å². The molecule has 0 aromatic carbocycles. The van der Waals surface area contributed by atoms with Crippen molar-refractivity contribution in [1.29, 1.82) is 0 Å². The minimum Gasteiger partial charge on any atom is -0.480 e. The van der Waals surface area contributed by atoms with Gasteiger partial charge in [-0.1, -0.05) is 0 Å². The van der Waals surface area contributed by atoms with Gasteiger partial charge in [-0.25, -0.2) is 9.59 Å². The Bertz CT molecular complexity index is 439. The summed E-state index contributed by atoms with van der Waals surface area (Å²) in [4.78, 5) is 46.3. The zero-order chi connectivity index (χ0) is 16.0. The second kappa shape index (κ2) is 7.46. The van der Waals surface area contributed by atoms with Crippen molar-refractivity contribution in [2.75, 3.05) is 13.1 Å². The molecule has 1 heterocycles. The minimum absolute atomic E-state index is 0.0668. The van der Waals surface area contributed by atoms with E-state index in [1.54, 1.807) is 0 Å². The Morgan fingerprint density at radius 3 is 2.48 bits per heavy atom. The molecule has 6 N–H and O–H groups in total. The Labute approximate surface area is 121 Å². The Balaban J connectivity index is 2.58. The number of carboxylic acid groups (broad SMARTS) is 1. The molecule has 0 radical (unpaired) electrons. The average Bonchev–Trinajstić information content (AvgIpc) is 2.42. The molecule has 1 rings (SSSR count). The standard InChI is InChI=1S/C12H20N4O5/c13-9(17)4-3-8(11(19)20)15-10(18)7-2-1-5-16(6-7)12(14)21/h7-8H,1-6H2,(H2,13,17)(H2,14,21)(H,15,18)(H,19,20)/t7?,8-/m1/s1. The fourth-order valence-corrected chi connectivity index (χ4v) is 2.22. The highest BCUT2D eigenvalue weighted by Crippen LogP contribution is 2.16. The average molecular weight is 300 g/mol. The molecule has 1 fully saturated rings. The highest BCUT2D eigenvalue weighted by molar-refractivity contribution is 5.86. The largest absolute Gasteiger partial charge is 0.480 e. The van der Waals surface area contributed by atoms with Crippen molar-refractivity contribution in [2.45, 2.75) is 31.7 Å². The molecule has 4 amide bonds. The quantitative estimate of drug-likeness (QED) is 0.475. The first-order chi connectivity index (χ1) is 9.81. The summed E-state index contributed by atoms with van der Waals surface area (Å²) in [5.74, 6) is -2.82. The minimum atomic E-state index is -1.23. The van der Waals surface area contributed by atoms with E-state index in [1.807, 2.05) is 0 Å². The van der Waals surface area contributed by atoms with Crippen LogP contribution in [0.3, 0.4) is 0 Å². The monoisotopic (exact) mass is 300 g/mol. The number of hydrogen-bond donors (Lipinski definition) is 4. The number of aliphatic carboxylic acids is 1. The SMILES string of the molecule is NC(=O)CC[C@@H](NC(=O)C1CCCN(C(N)=O)C1)C(=O)O. The van der Waals surface area contributed by atoms with Crippen LogP contribution in [0.4, 0.5) is 4.79 Å². The number of rotatable bonds is 6. The third-order valence-corrected chi connectivity index (χ3v) is 3.40. The summed E-state index contributed by atoms with van der Waals surface area (Å²) in [6.07, 6.45) is 0.982. The first-order valence-corrected chi connectivity index (χ1v) is 6.67. The van der Waals surface area contributed by atoms with Crippen molar-refractivity contribution in [3.63, 3.8) is 0 Å². The molecule has 1 unspecified atom stereocenters. The Morgan fingerprint density at radius 2 is 1.95 bits per heavy atom. The first kappa shape index (κ1) is 16.7. The number of carbonyl (C=O) groups excluding carboxylic acids is 3. The maximum atomic E-state index is 12.1. The van der Waals surface area contributed by atoms with Crippen LogP contribution >= 0.6 is 0 Å². The van der Waals surface area contributed by atoms with Crippen LogP contribution in [-0.2, 0) is 14.4 Å². The lowest BCUT2D eigenvalue weighted by atomic mass is 9.96. The summed E-state index contributed by atoms with van der Waals surface area (Å²) in [5.41, 5.74) is 10.1. The Hall–Kier alpha value is -2.32. The van der Waals surface area contributed by atoms with Crippen LogP contribution in [0.25, 0.3) is 0 Å². The number of hydrogen-bond acceptors (Lipinski definition) is 4. The van der Waals surface area contributed by atoms with Gasteiger partial charge in [0.05, 0.1) is 5.92 Å². The normalized spacial score (nSPS) is 19.6. The highest BCUT2D eigenvalue weighted by atomic mass is 16.4.